The van der Waals surface area contributed by atoms with Gasteiger partial charge in [-0.15, -0.1) is 0 Å². The lowest BCUT2D eigenvalue weighted by molar-refractivity contribution is -0.130. The molecule has 0 atom stereocenters. The third kappa shape index (κ3) is 8.13. The van der Waals surface area contributed by atoms with Crippen LogP contribution >= 0.6 is 12.2 Å². The van der Waals surface area contributed by atoms with E-state index in [0.29, 0.717) is 36.4 Å². The molecule has 144 valence electrons. The quantitative estimate of drug-likeness (QED) is 0.270. The average Bonchev–Trinajstić information content (AvgIpc) is 2.61. The molecule has 0 spiro atoms. The number of thiocarbonyl (C=S) groups is 1. The minimum atomic E-state index is -0.128. The molecule has 0 aromatic heterocycles. The van der Waals surface area contributed by atoms with Crippen LogP contribution in [0.1, 0.15) is 12.5 Å². The van der Waals surface area contributed by atoms with Gasteiger partial charge in [0.15, 0.2) is 23.2 Å². The lowest BCUT2D eigenvalue weighted by Crippen LogP contribution is -2.34. The molecule has 2 N–H and O–H groups in total. The largest absolute Gasteiger partial charge is 0.490 e. The molecule has 0 saturated carbocycles. The van der Waals surface area contributed by atoms with Crippen LogP contribution in [0, 0.1) is 0 Å². The van der Waals surface area contributed by atoms with Crippen LogP contribution in [0.15, 0.2) is 23.3 Å². The predicted octanol–water partition coefficient (Wildman–Crippen LogP) is 0.997. The summed E-state index contributed by atoms with van der Waals surface area (Å²) in [5.41, 5.74) is 3.52. The van der Waals surface area contributed by atoms with Crippen molar-refractivity contribution in [3.63, 3.8) is 0 Å². The maximum Gasteiger partial charge on any atom is 0.259 e. The van der Waals surface area contributed by atoms with E-state index in [1.165, 1.54) is 4.90 Å². The summed E-state index contributed by atoms with van der Waals surface area (Å²) in [6.45, 7) is 3.46. The molecule has 8 nitrogen and oxygen atoms in total. The van der Waals surface area contributed by atoms with Crippen LogP contribution in [0.3, 0.4) is 0 Å². The van der Waals surface area contributed by atoms with E-state index in [0.717, 1.165) is 5.56 Å². The van der Waals surface area contributed by atoms with Crippen molar-refractivity contribution in [2.24, 2.45) is 5.10 Å². The van der Waals surface area contributed by atoms with Crippen LogP contribution in [-0.4, -0.2) is 69.7 Å². The van der Waals surface area contributed by atoms with Crippen LogP contribution in [0.25, 0.3) is 0 Å². The number of nitrogens with zero attached hydrogens (tertiary/aromatic N) is 2. The fourth-order valence-corrected chi connectivity index (χ4v) is 1.89. The standard InChI is InChI=1S/C17H26N4O4S/c1-5-24-15-10-13(11-19-20-17(26)18-8-9-23-4)6-7-14(15)25-12-16(22)21(2)3/h6-7,10-11H,5,8-9,12H2,1-4H3,(H2,18,20,26). The molecular formula is C17H26N4O4S. The van der Waals surface area contributed by atoms with Gasteiger partial charge in [0.1, 0.15) is 0 Å². The first-order valence-corrected chi connectivity index (χ1v) is 8.54. The van der Waals surface area contributed by atoms with E-state index < -0.39 is 0 Å². The molecule has 0 bridgehead atoms. The number of hydrogen-bond donors (Lipinski definition) is 2. The highest BCUT2D eigenvalue weighted by Crippen LogP contribution is 2.28. The Morgan fingerprint density at radius 2 is 2.08 bits per heavy atom. The first kappa shape index (κ1) is 21.7. The summed E-state index contributed by atoms with van der Waals surface area (Å²) in [7, 11) is 4.97. The molecule has 0 aliphatic heterocycles. The van der Waals surface area contributed by atoms with Crippen LogP contribution in [0.4, 0.5) is 0 Å². The maximum absolute atomic E-state index is 11.7. The number of amides is 1. The van der Waals surface area contributed by atoms with Gasteiger partial charge in [-0.05, 0) is 42.9 Å². The molecule has 0 fully saturated rings. The topological polar surface area (TPSA) is 84.4 Å². The Morgan fingerprint density at radius 1 is 1.31 bits per heavy atom. The van der Waals surface area contributed by atoms with E-state index >= 15 is 0 Å². The van der Waals surface area contributed by atoms with E-state index in [2.05, 4.69) is 15.8 Å². The van der Waals surface area contributed by atoms with Crippen molar-refractivity contribution in [1.82, 2.24) is 15.6 Å². The molecule has 9 heteroatoms. The van der Waals surface area contributed by atoms with Gasteiger partial charge in [-0.3, -0.25) is 10.2 Å². The molecule has 26 heavy (non-hydrogen) atoms. The van der Waals surface area contributed by atoms with Crippen molar-refractivity contribution in [2.75, 3.05) is 47.6 Å². The van der Waals surface area contributed by atoms with Gasteiger partial charge in [0.05, 0.1) is 19.4 Å². The fourth-order valence-electron chi connectivity index (χ4n) is 1.73. The number of carbonyl (C=O) groups excluding carboxylic acids is 1. The molecule has 1 aromatic rings. The van der Waals surface area contributed by atoms with Gasteiger partial charge in [-0.1, -0.05) is 0 Å². The zero-order valence-electron chi connectivity index (χ0n) is 15.6. The summed E-state index contributed by atoms with van der Waals surface area (Å²) in [5, 5.41) is 7.43. The molecule has 0 radical (unpaired) electrons. The van der Waals surface area contributed by atoms with Crippen molar-refractivity contribution in [1.29, 1.82) is 0 Å². The molecule has 1 aromatic carbocycles. The Balaban J connectivity index is 2.67. The number of hydrogen-bond acceptors (Lipinski definition) is 6. The number of likely N-dealkylation sites (N-methyl/N-ethyl adjacent to an activating group) is 1. The normalized spacial score (nSPS) is 10.5. The fraction of sp³-hybridized carbons (Fsp3) is 0.471. The minimum Gasteiger partial charge on any atom is -0.490 e. The van der Waals surface area contributed by atoms with Gasteiger partial charge in [0.2, 0.25) is 0 Å². The average molecular weight is 382 g/mol. The van der Waals surface area contributed by atoms with Crippen LogP contribution in [0.2, 0.25) is 0 Å². The number of hydrazone groups is 1. The van der Waals surface area contributed by atoms with Crippen LogP contribution in [0.5, 0.6) is 11.5 Å². The third-order valence-corrected chi connectivity index (χ3v) is 3.32. The van der Waals surface area contributed by atoms with Crippen LogP contribution in [-0.2, 0) is 9.53 Å². The van der Waals surface area contributed by atoms with Gasteiger partial charge < -0.3 is 24.4 Å². The second-order valence-corrected chi connectivity index (χ2v) is 5.74. The molecule has 0 aliphatic rings. The molecular weight excluding hydrogens is 356 g/mol. The van der Waals surface area contributed by atoms with Gasteiger partial charge in [0.25, 0.3) is 5.91 Å². The lowest BCUT2D eigenvalue weighted by atomic mass is 10.2. The first-order valence-electron chi connectivity index (χ1n) is 8.13. The SMILES string of the molecule is CCOc1cc(C=NNC(=S)NCCOC)ccc1OCC(=O)N(C)C. The summed E-state index contributed by atoms with van der Waals surface area (Å²) in [6.07, 6.45) is 1.61. The van der Waals surface area contributed by atoms with E-state index in [1.807, 2.05) is 13.0 Å². The zero-order valence-corrected chi connectivity index (χ0v) is 16.4. The van der Waals surface area contributed by atoms with Crippen molar-refractivity contribution in [2.45, 2.75) is 6.92 Å². The van der Waals surface area contributed by atoms with E-state index in [9.17, 15) is 4.79 Å². The van der Waals surface area contributed by atoms with Crippen molar-refractivity contribution in [3.8, 4) is 11.5 Å². The van der Waals surface area contributed by atoms with Gasteiger partial charge in [-0.25, -0.2) is 0 Å². The molecule has 1 amide bonds. The number of methoxy groups -OCH3 is 1. The Hall–Kier alpha value is -2.39. The second-order valence-electron chi connectivity index (χ2n) is 5.33. The monoisotopic (exact) mass is 382 g/mol. The van der Waals surface area contributed by atoms with E-state index in [4.69, 9.17) is 26.4 Å². The van der Waals surface area contributed by atoms with Crippen molar-refractivity contribution in [3.05, 3.63) is 23.8 Å². The summed E-state index contributed by atoms with van der Waals surface area (Å²) in [6, 6.07) is 5.33. The highest BCUT2D eigenvalue weighted by Gasteiger charge is 2.10. The summed E-state index contributed by atoms with van der Waals surface area (Å²) in [5.74, 6) is 0.921. The number of ether oxygens (including phenoxy) is 3. The summed E-state index contributed by atoms with van der Waals surface area (Å²) >= 11 is 5.08. The highest BCUT2D eigenvalue weighted by molar-refractivity contribution is 7.80. The van der Waals surface area contributed by atoms with Crippen molar-refractivity contribution < 1.29 is 19.0 Å². The van der Waals surface area contributed by atoms with Gasteiger partial charge in [0, 0.05) is 27.7 Å². The van der Waals surface area contributed by atoms with Crippen LogP contribution < -0.4 is 20.2 Å². The second kappa shape index (κ2) is 12.0. The lowest BCUT2D eigenvalue weighted by Gasteiger charge is -2.14. The molecule has 1 rings (SSSR count). The molecule has 0 saturated heterocycles. The smallest absolute Gasteiger partial charge is 0.259 e. The summed E-state index contributed by atoms with van der Waals surface area (Å²) in [4.78, 5) is 13.1. The Morgan fingerprint density at radius 3 is 2.73 bits per heavy atom. The minimum absolute atomic E-state index is 0.0521. The number of rotatable bonds is 10. The number of nitrogens with one attached hydrogen (secondary N) is 2. The summed E-state index contributed by atoms with van der Waals surface area (Å²) < 4.78 is 16.0. The molecule has 0 heterocycles. The van der Waals surface area contributed by atoms with Gasteiger partial charge in [-0.2, -0.15) is 5.10 Å². The van der Waals surface area contributed by atoms with Crippen molar-refractivity contribution >= 4 is 29.5 Å². The number of carbonyl (C=O) groups is 1. The predicted molar refractivity (Wildman–Crippen MR) is 105 cm³/mol. The Labute approximate surface area is 159 Å². The number of benzene rings is 1. The van der Waals surface area contributed by atoms with E-state index in [1.54, 1.807) is 39.6 Å². The third-order valence-electron chi connectivity index (χ3n) is 3.09. The Kier molecular flexibility index (Phi) is 10.0. The zero-order chi connectivity index (χ0) is 19.4. The highest BCUT2D eigenvalue weighted by atomic mass is 32.1. The van der Waals surface area contributed by atoms with Gasteiger partial charge >= 0.3 is 0 Å². The molecule has 0 aliphatic carbocycles. The maximum atomic E-state index is 11.7. The Bertz CT molecular complexity index is 623. The first-order chi connectivity index (χ1) is 12.5. The molecule has 0 unspecified atom stereocenters. The van der Waals surface area contributed by atoms with E-state index in [-0.39, 0.29) is 12.5 Å².